The molecule has 1 heterocycles. The molecule has 2 rings (SSSR count). The number of hydrogen-bond donors (Lipinski definition) is 3. The van der Waals surface area contributed by atoms with Crippen LogP contribution in [0.15, 0.2) is 29.3 Å². The summed E-state index contributed by atoms with van der Waals surface area (Å²) in [5.74, 6) is 1.23. The number of guanidine groups is 1. The topological polar surface area (TPSA) is 69.1 Å². The summed E-state index contributed by atoms with van der Waals surface area (Å²) in [7, 11) is 0. The molecule has 6 nitrogen and oxygen atoms in total. The Morgan fingerprint density at radius 2 is 1.83 bits per heavy atom. The van der Waals surface area contributed by atoms with Crippen LogP contribution in [0.3, 0.4) is 0 Å². The van der Waals surface area contributed by atoms with Crippen LogP contribution in [0.1, 0.15) is 51.8 Å². The summed E-state index contributed by atoms with van der Waals surface area (Å²) < 4.78 is 5.41. The van der Waals surface area contributed by atoms with Gasteiger partial charge in [-0.25, -0.2) is 0 Å². The number of nitrogens with one attached hydrogen (secondary N) is 2. The Hall–Kier alpha value is -1.63. The third-order valence-corrected chi connectivity index (χ3v) is 5.20. The fourth-order valence-electron chi connectivity index (χ4n) is 3.39. The van der Waals surface area contributed by atoms with Crippen molar-refractivity contribution in [3.05, 3.63) is 35.4 Å². The second-order valence-corrected chi connectivity index (χ2v) is 9.01. The molecule has 1 aromatic rings. The summed E-state index contributed by atoms with van der Waals surface area (Å²) >= 11 is 0. The lowest BCUT2D eigenvalue weighted by Crippen LogP contribution is -2.41. The Morgan fingerprint density at radius 3 is 2.41 bits per heavy atom. The van der Waals surface area contributed by atoms with Gasteiger partial charge in [0, 0.05) is 39.3 Å². The number of aliphatic hydroxyl groups excluding tert-OH is 1. The summed E-state index contributed by atoms with van der Waals surface area (Å²) in [6.07, 6.45) is -0.571. The zero-order valence-electron chi connectivity index (χ0n) is 18.9. The van der Waals surface area contributed by atoms with E-state index < -0.39 is 6.10 Å². The molecule has 0 saturated carbocycles. The molecule has 1 saturated heterocycles. The Bertz CT molecular complexity index is 619. The predicted octanol–water partition coefficient (Wildman–Crippen LogP) is 2.54. The fourth-order valence-corrected chi connectivity index (χ4v) is 3.39. The number of benzene rings is 1. The molecule has 2 unspecified atom stereocenters. The van der Waals surface area contributed by atoms with Gasteiger partial charge in [0.2, 0.25) is 0 Å². The van der Waals surface area contributed by atoms with E-state index in [9.17, 15) is 5.11 Å². The van der Waals surface area contributed by atoms with Crippen LogP contribution >= 0.6 is 0 Å². The van der Waals surface area contributed by atoms with Gasteiger partial charge in [0.25, 0.3) is 0 Å². The largest absolute Gasteiger partial charge is 0.387 e. The molecular formula is C23H40N4O2. The van der Waals surface area contributed by atoms with Crippen molar-refractivity contribution in [3.8, 4) is 0 Å². The van der Waals surface area contributed by atoms with E-state index in [1.807, 2.05) is 12.1 Å². The maximum atomic E-state index is 10.6. The average Bonchev–Trinajstić information content (AvgIpc) is 2.70. The molecule has 0 aromatic heterocycles. The first kappa shape index (κ1) is 23.6. The van der Waals surface area contributed by atoms with E-state index in [0.29, 0.717) is 12.5 Å². The highest BCUT2D eigenvalue weighted by molar-refractivity contribution is 5.79. The minimum absolute atomic E-state index is 0.116. The molecule has 3 N–H and O–H groups in total. The summed E-state index contributed by atoms with van der Waals surface area (Å²) in [4.78, 5) is 7.16. The molecule has 0 amide bonds. The normalized spacial score (nSPS) is 18.3. The number of hydrogen-bond acceptors (Lipinski definition) is 4. The molecule has 1 aliphatic heterocycles. The molecule has 6 heteroatoms. The van der Waals surface area contributed by atoms with Crippen LogP contribution in [-0.4, -0.2) is 68.4 Å². The monoisotopic (exact) mass is 404 g/mol. The predicted molar refractivity (Wildman–Crippen MR) is 121 cm³/mol. The van der Waals surface area contributed by atoms with E-state index in [1.54, 1.807) is 0 Å². The molecular weight excluding hydrogens is 364 g/mol. The van der Waals surface area contributed by atoms with Gasteiger partial charge in [0.1, 0.15) is 0 Å². The Balaban J connectivity index is 1.84. The van der Waals surface area contributed by atoms with E-state index in [2.05, 4.69) is 62.3 Å². The molecule has 1 aromatic carbocycles. The van der Waals surface area contributed by atoms with Crippen LogP contribution in [0.4, 0.5) is 0 Å². The molecule has 0 spiro atoms. The van der Waals surface area contributed by atoms with E-state index >= 15 is 0 Å². The number of morpholine rings is 1. The van der Waals surface area contributed by atoms with Crippen molar-refractivity contribution in [1.82, 2.24) is 15.5 Å². The average molecular weight is 405 g/mol. The third-order valence-electron chi connectivity index (χ3n) is 5.20. The number of rotatable bonds is 8. The van der Waals surface area contributed by atoms with Gasteiger partial charge >= 0.3 is 0 Å². The second-order valence-electron chi connectivity index (χ2n) is 9.01. The highest BCUT2D eigenvalue weighted by Gasteiger charge is 2.16. The quantitative estimate of drug-likeness (QED) is 0.459. The minimum atomic E-state index is -0.571. The van der Waals surface area contributed by atoms with Crippen LogP contribution in [0, 0.1) is 5.92 Å². The number of aliphatic hydroxyl groups is 1. The van der Waals surface area contributed by atoms with Crippen LogP contribution in [0.25, 0.3) is 0 Å². The minimum Gasteiger partial charge on any atom is -0.387 e. The first-order valence-corrected chi connectivity index (χ1v) is 10.9. The van der Waals surface area contributed by atoms with E-state index in [0.717, 1.165) is 57.5 Å². The molecule has 0 bridgehead atoms. The lowest BCUT2D eigenvalue weighted by Gasteiger charge is -2.28. The van der Waals surface area contributed by atoms with Crippen molar-refractivity contribution in [3.63, 3.8) is 0 Å². The van der Waals surface area contributed by atoms with Gasteiger partial charge < -0.3 is 20.5 Å². The molecule has 1 aliphatic rings. The third kappa shape index (κ3) is 8.33. The van der Waals surface area contributed by atoms with Crippen molar-refractivity contribution in [2.24, 2.45) is 10.9 Å². The molecule has 1 fully saturated rings. The smallest absolute Gasteiger partial charge is 0.191 e. The standard InChI is InChI=1S/C23H40N4O2/c1-6-24-22(25-15-18(2)17-27-11-13-29-14-12-27)26-16-21(28)19-7-9-20(10-8-19)23(3,4)5/h7-10,18,21,28H,6,11-17H2,1-5H3,(H2,24,25,26). The molecule has 0 aliphatic carbocycles. The van der Waals surface area contributed by atoms with Gasteiger partial charge in [0.05, 0.1) is 19.3 Å². The van der Waals surface area contributed by atoms with Crippen molar-refractivity contribution in [2.75, 3.05) is 52.5 Å². The lowest BCUT2D eigenvalue weighted by atomic mass is 9.86. The highest BCUT2D eigenvalue weighted by Crippen LogP contribution is 2.23. The van der Waals surface area contributed by atoms with Crippen LogP contribution in [-0.2, 0) is 10.2 Å². The summed E-state index contributed by atoms with van der Waals surface area (Å²) in [6.45, 7) is 17.5. The van der Waals surface area contributed by atoms with Gasteiger partial charge in [-0.3, -0.25) is 9.89 Å². The maximum Gasteiger partial charge on any atom is 0.191 e. The van der Waals surface area contributed by atoms with Crippen LogP contribution in [0.5, 0.6) is 0 Å². The first-order valence-electron chi connectivity index (χ1n) is 10.9. The van der Waals surface area contributed by atoms with E-state index in [1.165, 1.54) is 5.56 Å². The molecule has 29 heavy (non-hydrogen) atoms. The Labute approximate surface area is 176 Å². The van der Waals surface area contributed by atoms with Gasteiger partial charge in [-0.15, -0.1) is 0 Å². The molecule has 2 atom stereocenters. The van der Waals surface area contributed by atoms with Gasteiger partial charge in [-0.1, -0.05) is 52.0 Å². The maximum absolute atomic E-state index is 10.6. The number of ether oxygens (including phenoxy) is 1. The number of nitrogens with zero attached hydrogens (tertiary/aromatic N) is 2. The zero-order chi connectivity index (χ0) is 21.3. The van der Waals surface area contributed by atoms with Crippen molar-refractivity contribution in [2.45, 2.75) is 46.1 Å². The van der Waals surface area contributed by atoms with Crippen molar-refractivity contribution >= 4 is 5.96 Å². The SMILES string of the molecule is CCNC(=NCC(C)CN1CCOCC1)NCC(O)c1ccc(C(C)(C)C)cc1. The summed E-state index contributed by atoms with van der Waals surface area (Å²) in [6, 6.07) is 8.24. The van der Waals surface area contributed by atoms with E-state index in [4.69, 9.17) is 9.73 Å². The van der Waals surface area contributed by atoms with E-state index in [-0.39, 0.29) is 5.41 Å². The van der Waals surface area contributed by atoms with Crippen molar-refractivity contribution in [1.29, 1.82) is 0 Å². The second kappa shape index (κ2) is 11.5. The van der Waals surface area contributed by atoms with Crippen LogP contribution < -0.4 is 10.6 Å². The lowest BCUT2D eigenvalue weighted by molar-refractivity contribution is 0.0323. The van der Waals surface area contributed by atoms with Crippen LogP contribution in [0.2, 0.25) is 0 Å². The van der Waals surface area contributed by atoms with Gasteiger partial charge in [-0.2, -0.15) is 0 Å². The number of aliphatic imine (C=N–C) groups is 1. The fraction of sp³-hybridized carbons (Fsp3) is 0.696. The Morgan fingerprint density at radius 1 is 1.17 bits per heavy atom. The molecule has 0 radical (unpaired) electrons. The van der Waals surface area contributed by atoms with Gasteiger partial charge in [-0.05, 0) is 29.4 Å². The van der Waals surface area contributed by atoms with Gasteiger partial charge in [0.15, 0.2) is 5.96 Å². The van der Waals surface area contributed by atoms with Crippen molar-refractivity contribution < 1.29 is 9.84 Å². The summed E-state index contributed by atoms with van der Waals surface area (Å²) in [5.41, 5.74) is 2.30. The molecule has 164 valence electrons. The zero-order valence-corrected chi connectivity index (χ0v) is 18.9. The Kier molecular flexibility index (Phi) is 9.40. The summed E-state index contributed by atoms with van der Waals surface area (Å²) in [5, 5.41) is 17.1. The highest BCUT2D eigenvalue weighted by atomic mass is 16.5. The first-order chi connectivity index (χ1) is 13.8.